The predicted molar refractivity (Wildman–Crippen MR) is 140 cm³/mol. The number of allylic oxidation sites excluding steroid dienone is 1. The number of aliphatic imine (C=N–C) groups is 1. The fourth-order valence-electron chi connectivity index (χ4n) is 3.90. The first-order valence-electron chi connectivity index (χ1n) is 11.0. The van der Waals surface area contributed by atoms with E-state index in [1.807, 2.05) is 55.4 Å². The SMILES string of the molecule is C=C(/N=C1\C(=C/C)C=C(c2ccc(-c3nccnc3C)cc2Cl)C(=O)N1C(CC)CC)SC. The standard InChI is InChI=1S/C26H29ClN4OS/c1-7-18-14-22(26(32)31(20(8-2)9-3)25(18)30-17(5)33-6)21-11-10-19(15-23(21)27)24-16(4)28-12-13-29-24/h7,10-15,20H,5,8-9H2,1-4,6H3/b18-7-,30-25+. The quantitative estimate of drug-likeness (QED) is 0.442. The summed E-state index contributed by atoms with van der Waals surface area (Å²) in [5.41, 5.74) is 4.56. The van der Waals surface area contributed by atoms with E-state index >= 15 is 0 Å². The van der Waals surface area contributed by atoms with E-state index in [0.29, 0.717) is 27.0 Å². The lowest BCUT2D eigenvalue weighted by atomic mass is 9.93. The minimum absolute atomic E-state index is 0.0184. The molecule has 3 rings (SSSR count). The third kappa shape index (κ3) is 5.12. The number of amides is 1. The molecule has 0 spiro atoms. The van der Waals surface area contributed by atoms with Crippen molar-refractivity contribution in [2.45, 2.75) is 46.6 Å². The molecule has 172 valence electrons. The molecule has 1 aromatic heterocycles. The van der Waals surface area contributed by atoms with Gasteiger partial charge in [-0.05, 0) is 45.1 Å². The van der Waals surface area contributed by atoms with Crippen LogP contribution in [0.15, 0.2) is 64.9 Å². The maximum absolute atomic E-state index is 13.8. The van der Waals surface area contributed by atoms with Crippen LogP contribution in [0.1, 0.15) is 44.9 Å². The van der Waals surface area contributed by atoms with E-state index < -0.39 is 0 Å². The molecule has 0 saturated heterocycles. The molecule has 2 aromatic rings. The Labute approximate surface area is 205 Å². The fourth-order valence-corrected chi connectivity index (χ4v) is 4.36. The molecule has 1 amide bonds. The zero-order chi connectivity index (χ0) is 24.1. The van der Waals surface area contributed by atoms with Gasteiger partial charge in [-0.15, -0.1) is 11.8 Å². The fraction of sp³-hybridized carbons (Fsp3) is 0.308. The Bertz CT molecular complexity index is 1160. The van der Waals surface area contributed by atoms with Crippen LogP contribution in [-0.2, 0) is 4.79 Å². The van der Waals surface area contributed by atoms with Gasteiger partial charge in [0.15, 0.2) is 0 Å². The second-order valence-electron chi connectivity index (χ2n) is 7.67. The molecule has 0 saturated carbocycles. The number of aromatic nitrogens is 2. The third-order valence-electron chi connectivity index (χ3n) is 5.73. The predicted octanol–water partition coefficient (Wildman–Crippen LogP) is 6.70. The molecule has 33 heavy (non-hydrogen) atoms. The van der Waals surface area contributed by atoms with Crippen LogP contribution in [0.3, 0.4) is 0 Å². The Morgan fingerprint density at radius 3 is 2.55 bits per heavy atom. The summed E-state index contributed by atoms with van der Waals surface area (Å²) in [4.78, 5) is 29.1. The summed E-state index contributed by atoms with van der Waals surface area (Å²) in [5, 5.41) is 1.15. The molecule has 0 radical (unpaired) electrons. The summed E-state index contributed by atoms with van der Waals surface area (Å²) in [6.45, 7) is 12.0. The van der Waals surface area contributed by atoms with Gasteiger partial charge in [-0.3, -0.25) is 19.7 Å². The van der Waals surface area contributed by atoms with Crippen molar-refractivity contribution in [2.24, 2.45) is 4.99 Å². The monoisotopic (exact) mass is 480 g/mol. The smallest absolute Gasteiger partial charge is 0.260 e. The van der Waals surface area contributed by atoms with E-state index in [-0.39, 0.29) is 11.9 Å². The van der Waals surface area contributed by atoms with E-state index in [4.69, 9.17) is 16.6 Å². The average molecular weight is 481 g/mol. The third-order valence-corrected chi connectivity index (χ3v) is 6.61. The number of halogens is 1. The van der Waals surface area contributed by atoms with Gasteiger partial charge in [-0.2, -0.15) is 0 Å². The van der Waals surface area contributed by atoms with Crippen molar-refractivity contribution in [3.8, 4) is 11.3 Å². The van der Waals surface area contributed by atoms with Crippen molar-refractivity contribution >= 4 is 40.7 Å². The number of aryl methyl sites for hydroxylation is 1. The molecule has 0 bridgehead atoms. The highest BCUT2D eigenvalue weighted by Crippen LogP contribution is 2.35. The van der Waals surface area contributed by atoms with Crippen LogP contribution >= 0.6 is 23.4 Å². The van der Waals surface area contributed by atoms with E-state index in [9.17, 15) is 4.79 Å². The molecule has 0 N–H and O–H groups in total. The Morgan fingerprint density at radius 1 is 1.27 bits per heavy atom. The molecule has 5 nitrogen and oxygen atoms in total. The normalized spacial score (nSPS) is 16.6. The highest BCUT2D eigenvalue weighted by Gasteiger charge is 2.35. The number of benzene rings is 1. The van der Waals surface area contributed by atoms with Gasteiger partial charge in [-0.1, -0.05) is 50.2 Å². The lowest BCUT2D eigenvalue weighted by Gasteiger charge is -2.36. The number of hydrogen-bond donors (Lipinski definition) is 0. The Kier molecular flexibility index (Phi) is 8.27. The van der Waals surface area contributed by atoms with Crippen LogP contribution in [0.2, 0.25) is 5.02 Å². The van der Waals surface area contributed by atoms with Crippen molar-refractivity contribution in [3.63, 3.8) is 0 Å². The van der Waals surface area contributed by atoms with E-state index in [1.165, 1.54) is 11.8 Å². The summed E-state index contributed by atoms with van der Waals surface area (Å²) >= 11 is 8.19. The van der Waals surface area contributed by atoms with Crippen LogP contribution in [-0.4, -0.2) is 38.9 Å². The Morgan fingerprint density at radius 2 is 1.97 bits per heavy atom. The molecule has 0 atom stereocenters. The molecule has 1 aromatic carbocycles. The maximum Gasteiger partial charge on any atom is 0.260 e. The molecule has 0 fully saturated rings. The van der Waals surface area contributed by atoms with Gasteiger partial charge in [0.05, 0.1) is 16.4 Å². The first kappa shape index (κ1) is 24.9. The molecule has 1 aliphatic heterocycles. The average Bonchev–Trinajstić information content (AvgIpc) is 2.82. The summed E-state index contributed by atoms with van der Waals surface area (Å²) in [6, 6.07) is 5.68. The number of rotatable bonds is 7. The second kappa shape index (κ2) is 10.9. The number of thioether (sulfide) groups is 1. The first-order chi connectivity index (χ1) is 15.9. The number of carbonyl (C=O) groups excluding carboxylic acids is 1. The zero-order valence-corrected chi connectivity index (χ0v) is 21.3. The van der Waals surface area contributed by atoms with Gasteiger partial charge in [0.1, 0.15) is 5.84 Å². The maximum atomic E-state index is 13.8. The van der Waals surface area contributed by atoms with Crippen molar-refractivity contribution < 1.29 is 4.79 Å². The Balaban J connectivity index is 2.15. The van der Waals surface area contributed by atoms with Gasteiger partial charge in [-0.25, -0.2) is 4.99 Å². The number of carbonyl (C=O) groups is 1. The van der Waals surface area contributed by atoms with Crippen LogP contribution in [0.5, 0.6) is 0 Å². The minimum atomic E-state index is -0.104. The zero-order valence-electron chi connectivity index (χ0n) is 19.7. The van der Waals surface area contributed by atoms with Crippen LogP contribution in [0, 0.1) is 6.92 Å². The minimum Gasteiger partial charge on any atom is -0.289 e. The molecule has 1 aliphatic rings. The highest BCUT2D eigenvalue weighted by molar-refractivity contribution is 8.02. The number of nitrogens with zero attached hydrogens (tertiary/aromatic N) is 4. The molecular weight excluding hydrogens is 452 g/mol. The molecule has 0 aliphatic carbocycles. The van der Waals surface area contributed by atoms with Gasteiger partial charge in [0, 0.05) is 45.7 Å². The lowest BCUT2D eigenvalue weighted by Crippen LogP contribution is -2.47. The van der Waals surface area contributed by atoms with Crippen LogP contribution in [0.4, 0.5) is 0 Å². The van der Waals surface area contributed by atoms with Gasteiger partial charge in [0.25, 0.3) is 5.91 Å². The van der Waals surface area contributed by atoms with E-state index in [2.05, 4.69) is 30.4 Å². The molecule has 7 heteroatoms. The number of amidine groups is 1. The lowest BCUT2D eigenvalue weighted by molar-refractivity contribution is -0.123. The highest BCUT2D eigenvalue weighted by atomic mass is 35.5. The summed E-state index contributed by atoms with van der Waals surface area (Å²) < 4.78 is 0. The van der Waals surface area contributed by atoms with Gasteiger partial charge in [0.2, 0.25) is 0 Å². The molecule has 2 heterocycles. The van der Waals surface area contributed by atoms with Crippen molar-refractivity contribution in [3.05, 3.63) is 76.2 Å². The van der Waals surface area contributed by atoms with Crippen molar-refractivity contribution in [1.29, 1.82) is 0 Å². The molecular formula is C26H29ClN4OS. The van der Waals surface area contributed by atoms with Gasteiger partial charge >= 0.3 is 0 Å². The Hall–Kier alpha value is -2.70. The molecule has 0 unspecified atom stereocenters. The van der Waals surface area contributed by atoms with Crippen LogP contribution in [0.25, 0.3) is 16.8 Å². The number of hydrogen-bond acceptors (Lipinski definition) is 5. The van der Waals surface area contributed by atoms with E-state index in [1.54, 1.807) is 12.4 Å². The van der Waals surface area contributed by atoms with Crippen LogP contribution < -0.4 is 0 Å². The topological polar surface area (TPSA) is 58.5 Å². The van der Waals surface area contributed by atoms with Gasteiger partial charge < -0.3 is 0 Å². The second-order valence-corrected chi connectivity index (χ2v) is 8.95. The summed E-state index contributed by atoms with van der Waals surface area (Å²) in [5.74, 6) is 0.537. The van der Waals surface area contributed by atoms with E-state index in [0.717, 1.165) is 35.4 Å². The summed E-state index contributed by atoms with van der Waals surface area (Å²) in [7, 11) is 0. The van der Waals surface area contributed by atoms with Crippen molar-refractivity contribution in [1.82, 2.24) is 14.9 Å². The van der Waals surface area contributed by atoms with Crippen molar-refractivity contribution in [2.75, 3.05) is 6.26 Å². The summed E-state index contributed by atoms with van der Waals surface area (Å²) in [6.07, 6.45) is 10.7. The largest absolute Gasteiger partial charge is 0.289 e. The first-order valence-corrected chi connectivity index (χ1v) is 12.6.